The Bertz CT molecular complexity index is 1300. The van der Waals surface area contributed by atoms with Gasteiger partial charge in [0.15, 0.2) is 5.75 Å². The molecular weight excluding hydrogens is 374 g/mol. The summed E-state index contributed by atoms with van der Waals surface area (Å²) in [6.45, 7) is 3.58. The molecule has 0 amide bonds. The molecule has 29 heavy (non-hydrogen) atoms. The molecule has 0 aliphatic carbocycles. The first-order valence-corrected chi connectivity index (χ1v) is 9.12. The van der Waals surface area contributed by atoms with Crippen LogP contribution in [0.2, 0.25) is 0 Å². The molecule has 0 saturated heterocycles. The maximum atomic E-state index is 12.9. The molecular formula is C21H17N3O5. The van der Waals surface area contributed by atoms with Crippen LogP contribution in [0.4, 0.5) is 0 Å². The molecule has 8 heteroatoms. The van der Waals surface area contributed by atoms with Crippen molar-refractivity contribution < 1.29 is 19.2 Å². The Morgan fingerprint density at radius 3 is 2.59 bits per heavy atom. The van der Waals surface area contributed by atoms with Crippen LogP contribution >= 0.6 is 0 Å². The summed E-state index contributed by atoms with van der Waals surface area (Å²) >= 11 is 0. The molecule has 2 N–H and O–H groups in total. The maximum absolute atomic E-state index is 12.9. The highest BCUT2D eigenvalue weighted by molar-refractivity contribution is 5.93. The Kier molecular flexibility index (Phi) is 3.64. The van der Waals surface area contributed by atoms with Crippen molar-refractivity contribution in [1.82, 2.24) is 14.7 Å². The standard InChI is InChI=1S/C21H17N3O5/c1-10-15(11(2)29-23-10)13-8-9-14-17-18(13)28-19(20(25)26)16(24(17)21(27)22-14)12-6-4-3-5-7-12/h3-9,16,19H,1-2H3,(H,22,27)(H,25,26). The molecule has 2 atom stereocenters. The monoisotopic (exact) mass is 391 g/mol. The molecule has 2 aromatic heterocycles. The van der Waals surface area contributed by atoms with Crippen LogP contribution in [-0.2, 0) is 4.79 Å². The topological polar surface area (TPSA) is 110 Å². The minimum atomic E-state index is -1.27. The number of aryl methyl sites for hydroxylation is 2. The second kappa shape index (κ2) is 6.10. The predicted molar refractivity (Wildman–Crippen MR) is 104 cm³/mol. The van der Waals surface area contributed by atoms with Crippen LogP contribution in [0.3, 0.4) is 0 Å². The van der Waals surface area contributed by atoms with E-state index in [1.54, 1.807) is 50.2 Å². The van der Waals surface area contributed by atoms with Gasteiger partial charge in [-0.2, -0.15) is 0 Å². The third-order valence-corrected chi connectivity index (χ3v) is 5.33. The Hall–Kier alpha value is -3.81. The molecule has 0 radical (unpaired) electrons. The van der Waals surface area contributed by atoms with E-state index < -0.39 is 18.1 Å². The number of carbonyl (C=O) groups is 1. The van der Waals surface area contributed by atoms with Gasteiger partial charge in [0.1, 0.15) is 17.3 Å². The maximum Gasteiger partial charge on any atom is 0.347 e. The predicted octanol–water partition coefficient (Wildman–Crippen LogP) is 3.04. The summed E-state index contributed by atoms with van der Waals surface area (Å²) in [5, 5.41) is 13.9. The number of nitrogens with one attached hydrogen (secondary N) is 1. The van der Waals surface area contributed by atoms with E-state index in [1.807, 2.05) is 6.07 Å². The summed E-state index contributed by atoms with van der Waals surface area (Å²) in [7, 11) is 0. The average Bonchev–Trinajstić information content (AvgIpc) is 3.22. The first kappa shape index (κ1) is 17.3. The van der Waals surface area contributed by atoms with Crippen LogP contribution < -0.4 is 10.4 Å². The highest BCUT2D eigenvalue weighted by Crippen LogP contribution is 2.44. The molecule has 0 fully saturated rings. The van der Waals surface area contributed by atoms with Gasteiger partial charge in [0.2, 0.25) is 6.10 Å². The number of rotatable bonds is 3. The fraction of sp³-hybridized carbons (Fsp3) is 0.190. The quantitative estimate of drug-likeness (QED) is 0.555. The molecule has 146 valence electrons. The van der Waals surface area contributed by atoms with E-state index in [0.717, 1.165) is 5.56 Å². The van der Waals surface area contributed by atoms with Crippen molar-refractivity contribution in [3.63, 3.8) is 0 Å². The number of carboxylic acids is 1. The van der Waals surface area contributed by atoms with Gasteiger partial charge in [-0.3, -0.25) is 4.57 Å². The molecule has 0 saturated carbocycles. The molecule has 0 bridgehead atoms. The van der Waals surface area contributed by atoms with Gasteiger partial charge in [-0.1, -0.05) is 35.5 Å². The van der Waals surface area contributed by atoms with E-state index >= 15 is 0 Å². The molecule has 1 aliphatic heterocycles. The Morgan fingerprint density at radius 1 is 1.17 bits per heavy atom. The number of ether oxygens (including phenoxy) is 1. The molecule has 4 aromatic rings. The normalized spacial score (nSPS) is 18.0. The lowest BCUT2D eigenvalue weighted by Crippen LogP contribution is -2.43. The number of hydrogen-bond acceptors (Lipinski definition) is 5. The lowest BCUT2D eigenvalue weighted by Gasteiger charge is -2.32. The molecule has 5 rings (SSSR count). The molecule has 2 aromatic carbocycles. The van der Waals surface area contributed by atoms with E-state index in [-0.39, 0.29) is 5.69 Å². The van der Waals surface area contributed by atoms with Gasteiger partial charge in [-0.25, -0.2) is 9.59 Å². The first-order chi connectivity index (χ1) is 14.0. The zero-order valence-electron chi connectivity index (χ0n) is 15.7. The van der Waals surface area contributed by atoms with Crippen LogP contribution in [0.15, 0.2) is 51.8 Å². The minimum absolute atomic E-state index is 0.329. The number of aromatic amines is 1. The zero-order valence-corrected chi connectivity index (χ0v) is 15.7. The number of benzene rings is 2. The molecule has 1 aliphatic rings. The number of carboxylic acid groups (broad SMARTS) is 1. The van der Waals surface area contributed by atoms with Gasteiger partial charge in [0.05, 0.1) is 16.8 Å². The van der Waals surface area contributed by atoms with Crippen molar-refractivity contribution in [3.05, 3.63) is 70.0 Å². The number of hydrogen-bond donors (Lipinski definition) is 2. The third-order valence-electron chi connectivity index (χ3n) is 5.33. The Balaban J connectivity index is 1.86. The SMILES string of the molecule is Cc1noc(C)c1-c1ccc2[nH]c(=O)n3c2c1OC(C(=O)O)C3c1ccccc1. The first-order valence-electron chi connectivity index (χ1n) is 9.12. The van der Waals surface area contributed by atoms with E-state index in [0.29, 0.717) is 39.4 Å². The van der Waals surface area contributed by atoms with E-state index in [2.05, 4.69) is 10.1 Å². The average molecular weight is 391 g/mol. The number of aliphatic carboxylic acids is 1. The van der Waals surface area contributed by atoms with Crippen LogP contribution in [0.25, 0.3) is 22.2 Å². The van der Waals surface area contributed by atoms with Crippen LogP contribution in [0, 0.1) is 13.8 Å². The van der Waals surface area contributed by atoms with Crippen LogP contribution in [0.1, 0.15) is 23.1 Å². The molecule has 3 heterocycles. The van der Waals surface area contributed by atoms with Gasteiger partial charge >= 0.3 is 11.7 Å². The summed E-state index contributed by atoms with van der Waals surface area (Å²) < 4.78 is 12.8. The second-order valence-electron chi connectivity index (χ2n) is 7.07. The smallest absolute Gasteiger partial charge is 0.347 e. The fourth-order valence-corrected chi connectivity index (χ4v) is 4.12. The largest absolute Gasteiger partial charge is 0.478 e. The van der Waals surface area contributed by atoms with E-state index in [1.165, 1.54) is 4.57 Å². The van der Waals surface area contributed by atoms with Crippen molar-refractivity contribution in [2.24, 2.45) is 0 Å². The highest BCUT2D eigenvalue weighted by atomic mass is 16.5. The van der Waals surface area contributed by atoms with Crippen LogP contribution in [0.5, 0.6) is 5.75 Å². The molecule has 0 spiro atoms. The molecule has 2 unspecified atom stereocenters. The van der Waals surface area contributed by atoms with Gasteiger partial charge in [-0.05, 0) is 31.5 Å². The summed E-state index contributed by atoms with van der Waals surface area (Å²) in [6, 6.07) is 11.8. The second-order valence-corrected chi connectivity index (χ2v) is 7.07. The highest BCUT2D eigenvalue weighted by Gasteiger charge is 2.41. The summed E-state index contributed by atoms with van der Waals surface area (Å²) in [5.41, 5.74) is 3.41. The third kappa shape index (κ3) is 2.42. The number of aromatic nitrogens is 3. The Labute approximate surface area is 164 Å². The molecule has 8 nitrogen and oxygen atoms in total. The van der Waals surface area contributed by atoms with Crippen LogP contribution in [-0.4, -0.2) is 31.9 Å². The minimum Gasteiger partial charge on any atom is -0.478 e. The van der Waals surface area contributed by atoms with Crippen molar-refractivity contribution in [2.45, 2.75) is 26.0 Å². The van der Waals surface area contributed by atoms with Crippen molar-refractivity contribution in [2.75, 3.05) is 0 Å². The van der Waals surface area contributed by atoms with Gasteiger partial charge < -0.3 is 19.4 Å². The van der Waals surface area contributed by atoms with Crippen molar-refractivity contribution in [1.29, 1.82) is 0 Å². The number of H-pyrrole nitrogens is 1. The number of nitrogens with zero attached hydrogens (tertiary/aromatic N) is 2. The van der Waals surface area contributed by atoms with Gasteiger partial charge in [0, 0.05) is 5.56 Å². The fourth-order valence-electron chi connectivity index (χ4n) is 4.12. The lowest BCUT2D eigenvalue weighted by molar-refractivity contribution is -0.147. The van der Waals surface area contributed by atoms with E-state index in [4.69, 9.17) is 9.26 Å². The van der Waals surface area contributed by atoms with E-state index in [9.17, 15) is 14.7 Å². The van der Waals surface area contributed by atoms with Crippen molar-refractivity contribution in [3.8, 4) is 16.9 Å². The lowest BCUT2D eigenvalue weighted by atomic mass is 9.96. The Morgan fingerprint density at radius 2 is 1.93 bits per heavy atom. The summed E-state index contributed by atoms with van der Waals surface area (Å²) in [5.74, 6) is -0.239. The number of imidazole rings is 1. The zero-order chi connectivity index (χ0) is 20.3. The van der Waals surface area contributed by atoms with Crippen molar-refractivity contribution >= 4 is 17.0 Å². The summed E-state index contributed by atoms with van der Waals surface area (Å²) in [6.07, 6.45) is -1.27. The van der Waals surface area contributed by atoms with Gasteiger partial charge in [0.25, 0.3) is 0 Å². The van der Waals surface area contributed by atoms with Gasteiger partial charge in [-0.15, -0.1) is 0 Å². The summed E-state index contributed by atoms with van der Waals surface area (Å²) in [4.78, 5) is 27.8.